The minimum Gasteiger partial charge on any atom is -0.382 e. The summed E-state index contributed by atoms with van der Waals surface area (Å²) in [6.07, 6.45) is 4.54. The molecule has 0 spiro atoms. The van der Waals surface area contributed by atoms with Crippen molar-refractivity contribution in [3.63, 3.8) is 0 Å². The molecule has 0 radical (unpaired) electrons. The predicted molar refractivity (Wildman–Crippen MR) is 112 cm³/mol. The Morgan fingerprint density at radius 2 is 2.00 bits per heavy atom. The fraction of sp³-hybridized carbons (Fsp3) is 0.389. The Bertz CT molecular complexity index is 1200. The molecular formula is C18H22ClN7O2S. The lowest BCUT2D eigenvalue weighted by atomic mass is 9.91. The van der Waals surface area contributed by atoms with Crippen LogP contribution in [0.1, 0.15) is 25.5 Å². The Labute approximate surface area is 173 Å². The Morgan fingerprint density at radius 3 is 2.69 bits per heavy atom. The molecule has 3 aromatic rings. The maximum atomic E-state index is 13.4. The Balaban J connectivity index is 1.87. The third kappa shape index (κ3) is 3.30. The summed E-state index contributed by atoms with van der Waals surface area (Å²) in [7, 11) is -4.01. The van der Waals surface area contributed by atoms with Gasteiger partial charge in [-0.25, -0.2) is 18.4 Å². The molecule has 0 unspecified atom stereocenters. The molecule has 9 nitrogen and oxygen atoms in total. The number of anilines is 2. The molecule has 11 heteroatoms. The number of H-pyrrole nitrogens is 1. The highest BCUT2D eigenvalue weighted by Gasteiger charge is 2.32. The molecule has 1 aliphatic heterocycles. The second-order valence-corrected chi connectivity index (χ2v) is 9.89. The third-order valence-electron chi connectivity index (χ3n) is 5.35. The van der Waals surface area contributed by atoms with E-state index in [2.05, 4.69) is 25.1 Å². The molecule has 0 bridgehead atoms. The van der Waals surface area contributed by atoms with Gasteiger partial charge in [-0.15, -0.1) is 0 Å². The van der Waals surface area contributed by atoms with Crippen LogP contribution in [0.25, 0.3) is 10.9 Å². The fourth-order valence-electron chi connectivity index (χ4n) is 3.64. The number of hydrogen-bond donors (Lipinski definition) is 3. The fourth-order valence-corrected chi connectivity index (χ4v) is 5.71. The third-order valence-corrected chi connectivity index (χ3v) is 7.82. The summed E-state index contributed by atoms with van der Waals surface area (Å²) in [6, 6.07) is 1.33. The first-order chi connectivity index (χ1) is 13.6. The molecule has 154 valence electrons. The van der Waals surface area contributed by atoms with Crippen molar-refractivity contribution in [1.29, 1.82) is 0 Å². The number of nitrogens with one attached hydrogen (secondary N) is 1. The number of halogens is 1. The van der Waals surface area contributed by atoms with Crippen LogP contribution in [0.2, 0.25) is 5.02 Å². The Hall–Kier alpha value is -2.43. The van der Waals surface area contributed by atoms with Crippen molar-refractivity contribution in [3.05, 3.63) is 29.2 Å². The molecule has 1 saturated heterocycles. The van der Waals surface area contributed by atoms with Gasteiger partial charge in [-0.2, -0.15) is 5.10 Å². The summed E-state index contributed by atoms with van der Waals surface area (Å²) in [5, 5.41) is 7.43. The first kappa shape index (κ1) is 19.9. The van der Waals surface area contributed by atoms with Crippen LogP contribution in [0, 0.1) is 6.92 Å². The average molecular weight is 436 g/mol. The molecule has 5 N–H and O–H groups in total. The first-order valence-corrected chi connectivity index (χ1v) is 11.0. The van der Waals surface area contributed by atoms with Crippen molar-refractivity contribution in [2.75, 3.05) is 23.7 Å². The topological polar surface area (TPSA) is 144 Å². The number of sulfone groups is 1. The number of nitrogens with two attached hydrogens (primary N) is 2. The molecule has 1 aliphatic rings. The zero-order chi connectivity index (χ0) is 21.0. The van der Waals surface area contributed by atoms with E-state index in [1.165, 1.54) is 12.3 Å². The minimum absolute atomic E-state index is 0.0296. The van der Waals surface area contributed by atoms with E-state index in [1.54, 1.807) is 13.1 Å². The number of aromatic amines is 1. The van der Waals surface area contributed by atoms with Crippen LogP contribution >= 0.6 is 11.6 Å². The standard InChI is InChI=1S/C18H22ClN7O2S/c1-10-15(29(27,28)12-3-6-22-16(20)13(12)19)14-11(9-23-25-14)17(24-10)26-7-4-18(2,21)5-8-26/h3,6,9H,4-5,7-8,21H2,1-2H3,(H2,20,22)(H,23,25). The van der Waals surface area contributed by atoms with E-state index in [1.807, 2.05) is 6.92 Å². The molecule has 0 aliphatic carbocycles. The number of nitrogens with zero attached hydrogens (tertiary/aromatic N) is 4. The van der Waals surface area contributed by atoms with Crippen LogP contribution in [0.4, 0.5) is 11.6 Å². The number of piperidine rings is 1. The number of aromatic nitrogens is 4. The molecular weight excluding hydrogens is 414 g/mol. The highest BCUT2D eigenvalue weighted by molar-refractivity contribution is 7.92. The van der Waals surface area contributed by atoms with E-state index < -0.39 is 9.84 Å². The number of rotatable bonds is 3. The number of pyridine rings is 2. The Morgan fingerprint density at radius 1 is 1.31 bits per heavy atom. The number of fused-ring (bicyclic) bond motifs is 1. The van der Waals surface area contributed by atoms with Crippen LogP contribution in [0.5, 0.6) is 0 Å². The molecule has 0 amide bonds. The highest BCUT2D eigenvalue weighted by atomic mass is 35.5. The van der Waals surface area contributed by atoms with Gasteiger partial charge in [0, 0.05) is 24.8 Å². The van der Waals surface area contributed by atoms with Crippen LogP contribution in [-0.2, 0) is 9.84 Å². The van der Waals surface area contributed by atoms with E-state index in [9.17, 15) is 8.42 Å². The van der Waals surface area contributed by atoms with Crippen molar-refractivity contribution in [2.24, 2.45) is 5.73 Å². The lowest BCUT2D eigenvalue weighted by Gasteiger charge is -2.37. The molecule has 1 fully saturated rings. The zero-order valence-corrected chi connectivity index (χ0v) is 17.7. The van der Waals surface area contributed by atoms with Crippen LogP contribution in [-0.4, -0.2) is 47.2 Å². The van der Waals surface area contributed by atoms with Crippen LogP contribution < -0.4 is 16.4 Å². The molecule has 0 aromatic carbocycles. The van der Waals surface area contributed by atoms with Gasteiger partial charge in [-0.05, 0) is 32.8 Å². The van der Waals surface area contributed by atoms with Crippen molar-refractivity contribution in [3.8, 4) is 0 Å². The van der Waals surface area contributed by atoms with Crippen molar-refractivity contribution >= 4 is 44.0 Å². The molecule has 3 aromatic heterocycles. The van der Waals surface area contributed by atoms with Crippen molar-refractivity contribution < 1.29 is 8.42 Å². The van der Waals surface area contributed by atoms with Gasteiger partial charge in [-0.1, -0.05) is 11.6 Å². The first-order valence-electron chi connectivity index (χ1n) is 9.14. The van der Waals surface area contributed by atoms with Gasteiger partial charge in [0.05, 0.1) is 27.7 Å². The Kier molecular flexibility index (Phi) is 4.67. The second kappa shape index (κ2) is 6.82. The van der Waals surface area contributed by atoms with Crippen molar-refractivity contribution in [1.82, 2.24) is 20.2 Å². The van der Waals surface area contributed by atoms with Gasteiger partial charge in [0.2, 0.25) is 9.84 Å². The predicted octanol–water partition coefficient (Wildman–Crippen LogP) is 2.05. The second-order valence-electron chi connectivity index (χ2n) is 7.66. The summed E-state index contributed by atoms with van der Waals surface area (Å²) in [5.41, 5.74) is 12.5. The number of aryl methyl sites for hydroxylation is 1. The van der Waals surface area contributed by atoms with E-state index in [0.717, 1.165) is 25.9 Å². The smallest absolute Gasteiger partial charge is 0.212 e. The normalized spacial score (nSPS) is 17.0. The van der Waals surface area contributed by atoms with Gasteiger partial charge in [0.1, 0.15) is 21.6 Å². The zero-order valence-electron chi connectivity index (χ0n) is 16.1. The lowest BCUT2D eigenvalue weighted by Crippen LogP contribution is -2.48. The lowest BCUT2D eigenvalue weighted by molar-refractivity contribution is 0.363. The monoisotopic (exact) mass is 435 g/mol. The van der Waals surface area contributed by atoms with Crippen LogP contribution in [0.15, 0.2) is 28.3 Å². The maximum Gasteiger partial charge on any atom is 0.212 e. The molecule has 0 saturated carbocycles. The maximum absolute atomic E-state index is 13.4. The summed E-state index contributed by atoms with van der Waals surface area (Å²) in [5.74, 6) is 0.648. The summed E-state index contributed by atoms with van der Waals surface area (Å²) >= 11 is 6.15. The van der Waals surface area contributed by atoms with Gasteiger partial charge < -0.3 is 16.4 Å². The summed E-state index contributed by atoms with van der Waals surface area (Å²) in [6.45, 7) is 5.17. The quantitative estimate of drug-likeness (QED) is 0.566. The van der Waals surface area contributed by atoms with E-state index in [-0.39, 0.29) is 26.2 Å². The summed E-state index contributed by atoms with van der Waals surface area (Å²) in [4.78, 5) is 10.5. The molecule has 4 heterocycles. The van der Waals surface area contributed by atoms with Crippen LogP contribution in [0.3, 0.4) is 0 Å². The molecule has 4 rings (SSSR count). The number of nitrogen functional groups attached to an aromatic ring is 1. The highest BCUT2D eigenvalue weighted by Crippen LogP contribution is 2.37. The number of hydrogen-bond acceptors (Lipinski definition) is 8. The minimum atomic E-state index is -4.01. The SMILES string of the molecule is Cc1nc(N2CCC(C)(N)CC2)c2cn[nH]c2c1S(=O)(=O)c1ccnc(N)c1Cl. The molecule has 0 atom stereocenters. The van der Waals surface area contributed by atoms with E-state index >= 15 is 0 Å². The van der Waals surface area contributed by atoms with Gasteiger partial charge >= 0.3 is 0 Å². The van der Waals surface area contributed by atoms with E-state index in [0.29, 0.717) is 22.4 Å². The molecule has 29 heavy (non-hydrogen) atoms. The van der Waals surface area contributed by atoms with E-state index in [4.69, 9.17) is 23.1 Å². The summed E-state index contributed by atoms with van der Waals surface area (Å²) < 4.78 is 26.9. The largest absolute Gasteiger partial charge is 0.382 e. The van der Waals surface area contributed by atoms with Gasteiger partial charge in [0.15, 0.2) is 0 Å². The van der Waals surface area contributed by atoms with Gasteiger partial charge in [-0.3, -0.25) is 5.10 Å². The average Bonchev–Trinajstić information content (AvgIpc) is 3.12. The van der Waals surface area contributed by atoms with Gasteiger partial charge in [0.25, 0.3) is 0 Å². The van der Waals surface area contributed by atoms with Crippen molar-refractivity contribution in [2.45, 2.75) is 42.0 Å².